The number of hydrogen-bond acceptors (Lipinski definition) is 3. The summed E-state index contributed by atoms with van der Waals surface area (Å²) < 4.78 is 13.9. The van der Waals surface area contributed by atoms with Crippen molar-refractivity contribution in [2.45, 2.75) is 90.1 Å². The Balaban J connectivity index is 2.38. The summed E-state index contributed by atoms with van der Waals surface area (Å²) in [7, 11) is 0. The SMILES string of the molecule is CCCCCC(F)C=CC1CCC(=NO)C1CCCCCCC(=O)O. The van der Waals surface area contributed by atoms with Crippen LogP contribution in [0.2, 0.25) is 0 Å². The van der Waals surface area contributed by atoms with E-state index in [2.05, 4.69) is 12.1 Å². The Morgan fingerprint density at radius 1 is 1.28 bits per heavy atom. The van der Waals surface area contributed by atoms with Crippen molar-refractivity contribution in [2.75, 3.05) is 0 Å². The molecular formula is C20H34FNO3. The van der Waals surface area contributed by atoms with Gasteiger partial charge in [0, 0.05) is 12.3 Å². The van der Waals surface area contributed by atoms with E-state index in [-0.39, 0.29) is 18.3 Å². The molecule has 0 aromatic carbocycles. The lowest BCUT2D eigenvalue weighted by Gasteiger charge is -2.16. The van der Waals surface area contributed by atoms with E-state index in [1.807, 2.05) is 6.08 Å². The van der Waals surface area contributed by atoms with Crippen molar-refractivity contribution < 1.29 is 19.5 Å². The smallest absolute Gasteiger partial charge is 0.303 e. The van der Waals surface area contributed by atoms with E-state index in [0.717, 1.165) is 63.5 Å². The molecule has 0 bridgehead atoms. The molecule has 5 heteroatoms. The zero-order valence-electron chi connectivity index (χ0n) is 15.5. The van der Waals surface area contributed by atoms with Crippen LogP contribution in [0.4, 0.5) is 4.39 Å². The number of alkyl halides is 1. The van der Waals surface area contributed by atoms with Crippen LogP contribution in [0.5, 0.6) is 0 Å². The molecule has 3 unspecified atom stereocenters. The normalized spacial score (nSPS) is 23.5. The third-order valence-corrected chi connectivity index (χ3v) is 5.11. The molecule has 0 radical (unpaired) electrons. The van der Waals surface area contributed by atoms with Crippen LogP contribution in [0.25, 0.3) is 0 Å². The van der Waals surface area contributed by atoms with Gasteiger partial charge in [-0.3, -0.25) is 4.79 Å². The van der Waals surface area contributed by atoms with Gasteiger partial charge in [0.25, 0.3) is 0 Å². The van der Waals surface area contributed by atoms with Crippen molar-refractivity contribution >= 4 is 11.7 Å². The number of oxime groups is 1. The predicted molar refractivity (Wildman–Crippen MR) is 99.0 cm³/mol. The number of nitrogens with zero attached hydrogens (tertiary/aromatic N) is 1. The molecule has 1 aliphatic rings. The molecule has 1 aliphatic carbocycles. The molecule has 0 saturated heterocycles. The molecule has 144 valence electrons. The van der Waals surface area contributed by atoms with Gasteiger partial charge in [0.1, 0.15) is 6.17 Å². The number of carbonyl (C=O) groups is 1. The summed E-state index contributed by atoms with van der Waals surface area (Å²) in [5, 5.41) is 21.3. The first-order valence-electron chi connectivity index (χ1n) is 9.83. The average Bonchev–Trinajstić information content (AvgIpc) is 2.98. The molecule has 0 aromatic rings. The summed E-state index contributed by atoms with van der Waals surface area (Å²) in [6, 6.07) is 0. The van der Waals surface area contributed by atoms with Gasteiger partial charge < -0.3 is 10.3 Å². The third kappa shape index (κ3) is 9.03. The highest BCUT2D eigenvalue weighted by molar-refractivity contribution is 5.88. The monoisotopic (exact) mass is 355 g/mol. The molecule has 1 saturated carbocycles. The summed E-state index contributed by atoms with van der Waals surface area (Å²) in [4.78, 5) is 10.5. The fourth-order valence-corrected chi connectivity index (χ4v) is 3.63. The van der Waals surface area contributed by atoms with Crippen LogP contribution >= 0.6 is 0 Å². The molecule has 0 aliphatic heterocycles. The minimum Gasteiger partial charge on any atom is -0.481 e. The predicted octanol–water partition coefficient (Wildman–Crippen LogP) is 5.74. The molecule has 2 N–H and O–H groups in total. The van der Waals surface area contributed by atoms with Crippen LogP contribution in [-0.4, -0.2) is 28.2 Å². The minimum absolute atomic E-state index is 0.198. The van der Waals surface area contributed by atoms with E-state index in [1.54, 1.807) is 6.08 Å². The Hall–Kier alpha value is -1.39. The van der Waals surface area contributed by atoms with Gasteiger partial charge in [-0.05, 0) is 38.0 Å². The van der Waals surface area contributed by atoms with Crippen LogP contribution in [0.3, 0.4) is 0 Å². The summed E-state index contributed by atoms with van der Waals surface area (Å²) in [5.41, 5.74) is 0.835. The van der Waals surface area contributed by atoms with E-state index >= 15 is 0 Å². The number of carboxylic acids is 1. The van der Waals surface area contributed by atoms with Gasteiger partial charge in [-0.1, -0.05) is 62.8 Å². The van der Waals surface area contributed by atoms with Crippen LogP contribution < -0.4 is 0 Å². The molecule has 1 rings (SSSR count). The zero-order valence-corrected chi connectivity index (χ0v) is 15.5. The average molecular weight is 355 g/mol. The number of carboxylic acid groups (broad SMARTS) is 1. The lowest BCUT2D eigenvalue weighted by atomic mass is 9.89. The first-order valence-corrected chi connectivity index (χ1v) is 9.83. The highest BCUT2D eigenvalue weighted by Gasteiger charge is 2.31. The number of aliphatic carboxylic acids is 1. The van der Waals surface area contributed by atoms with E-state index in [0.29, 0.717) is 12.8 Å². The van der Waals surface area contributed by atoms with Gasteiger partial charge in [-0.25, -0.2) is 4.39 Å². The maximum atomic E-state index is 13.9. The summed E-state index contributed by atoms with van der Waals surface area (Å²) in [5.74, 6) is -0.284. The Bertz CT molecular complexity index is 437. The number of hydrogen-bond donors (Lipinski definition) is 2. The standard InChI is InChI=1S/C20H34FNO3/c1-2-3-6-9-17(21)14-12-16-13-15-19(22-25)18(16)10-7-4-5-8-11-20(23)24/h12,14,16-18,25H,2-11,13,15H2,1H3,(H,23,24). The second-order valence-corrected chi connectivity index (χ2v) is 7.14. The molecule has 25 heavy (non-hydrogen) atoms. The van der Waals surface area contributed by atoms with Crippen molar-refractivity contribution in [3.05, 3.63) is 12.2 Å². The van der Waals surface area contributed by atoms with Crippen molar-refractivity contribution in [3.63, 3.8) is 0 Å². The van der Waals surface area contributed by atoms with E-state index in [1.165, 1.54) is 0 Å². The molecule has 1 fully saturated rings. The van der Waals surface area contributed by atoms with Gasteiger partial charge >= 0.3 is 5.97 Å². The quantitative estimate of drug-likeness (QED) is 0.191. The Kier molecular flexibility index (Phi) is 11.2. The molecule has 0 heterocycles. The van der Waals surface area contributed by atoms with E-state index < -0.39 is 12.1 Å². The van der Waals surface area contributed by atoms with Crippen molar-refractivity contribution in [3.8, 4) is 0 Å². The molecule has 4 nitrogen and oxygen atoms in total. The Morgan fingerprint density at radius 2 is 2.04 bits per heavy atom. The van der Waals surface area contributed by atoms with Gasteiger partial charge in [-0.15, -0.1) is 0 Å². The second kappa shape index (κ2) is 12.9. The van der Waals surface area contributed by atoms with Crippen LogP contribution in [0.15, 0.2) is 17.3 Å². The fraction of sp³-hybridized carbons (Fsp3) is 0.800. The molecular weight excluding hydrogens is 321 g/mol. The number of unbranched alkanes of at least 4 members (excludes halogenated alkanes) is 5. The van der Waals surface area contributed by atoms with Gasteiger partial charge in [0.15, 0.2) is 0 Å². The molecule has 0 aromatic heterocycles. The van der Waals surface area contributed by atoms with Crippen molar-refractivity contribution in [1.29, 1.82) is 0 Å². The zero-order chi connectivity index (χ0) is 18.5. The Labute approximate surface area is 151 Å². The van der Waals surface area contributed by atoms with Crippen LogP contribution in [-0.2, 0) is 4.79 Å². The van der Waals surface area contributed by atoms with Crippen molar-refractivity contribution in [1.82, 2.24) is 0 Å². The van der Waals surface area contributed by atoms with Gasteiger partial charge in [0.05, 0.1) is 5.71 Å². The lowest BCUT2D eigenvalue weighted by Crippen LogP contribution is -2.14. The second-order valence-electron chi connectivity index (χ2n) is 7.14. The molecule has 0 spiro atoms. The third-order valence-electron chi connectivity index (χ3n) is 5.11. The molecule has 3 atom stereocenters. The Morgan fingerprint density at radius 3 is 2.72 bits per heavy atom. The van der Waals surface area contributed by atoms with E-state index in [4.69, 9.17) is 5.11 Å². The minimum atomic E-state index is -0.877. The van der Waals surface area contributed by atoms with E-state index in [9.17, 15) is 14.4 Å². The largest absolute Gasteiger partial charge is 0.481 e. The van der Waals surface area contributed by atoms with Crippen LogP contribution in [0.1, 0.15) is 84.0 Å². The fourth-order valence-electron chi connectivity index (χ4n) is 3.63. The number of allylic oxidation sites excluding steroid dienone is 2. The topological polar surface area (TPSA) is 69.9 Å². The summed E-state index contributed by atoms with van der Waals surface area (Å²) in [6.07, 6.45) is 13.0. The highest BCUT2D eigenvalue weighted by Crippen LogP contribution is 2.35. The molecule has 0 amide bonds. The van der Waals surface area contributed by atoms with Crippen molar-refractivity contribution in [2.24, 2.45) is 17.0 Å². The van der Waals surface area contributed by atoms with Gasteiger partial charge in [-0.2, -0.15) is 0 Å². The first-order chi connectivity index (χ1) is 12.1. The first kappa shape index (κ1) is 21.7. The number of rotatable bonds is 13. The highest BCUT2D eigenvalue weighted by atomic mass is 19.1. The number of halogens is 1. The maximum Gasteiger partial charge on any atom is 0.303 e. The maximum absolute atomic E-state index is 13.9. The van der Waals surface area contributed by atoms with Gasteiger partial charge in [0.2, 0.25) is 0 Å². The van der Waals surface area contributed by atoms with Crippen LogP contribution in [0, 0.1) is 11.8 Å². The summed E-state index contributed by atoms with van der Waals surface area (Å²) in [6.45, 7) is 2.11. The summed E-state index contributed by atoms with van der Waals surface area (Å²) >= 11 is 0. The lowest BCUT2D eigenvalue weighted by molar-refractivity contribution is -0.137.